The molecule has 3 heteroatoms. The van der Waals surface area contributed by atoms with Crippen LogP contribution in [0.4, 0.5) is 0 Å². The highest BCUT2D eigenvalue weighted by Gasteiger charge is 2.36. The van der Waals surface area contributed by atoms with Gasteiger partial charge in [0, 0.05) is 17.2 Å². The van der Waals surface area contributed by atoms with Crippen molar-refractivity contribution in [1.82, 2.24) is 4.98 Å². The van der Waals surface area contributed by atoms with Gasteiger partial charge in [0.05, 0.1) is 22.2 Å². The molecule has 0 spiro atoms. The molecule has 2 rings (SSSR count). The molecule has 1 aromatic rings. The summed E-state index contributed by atoms with van der Waals surface area (Å²) >= 11 is 1.72. The summed E-state index contributed by atoms with van der Waals surface area (Å²) < 4.78 is 0. The van der Waals surface area contributed by atoms with E-state index < -0.39 is 0 Å². The van der Waals surface area contributed by atoms with Gasteiger partial charge in [0.15, 0.2) is 0 Å². The van der Waals surface area contributed by atoms with Crippen LogP contribution in [0.15, 0.2) is 5.38 Å². The summed E-state index contributed by atoms with van der Waals surface area (Å²) in [6.07, 6.45) is 5.38. The summed E-state index contributed by atoms with van der Waals surface area (Å²) in [6.45, 7) is 8.84. The van der Waals surface area contributed by atoms with Crippen LogP contribution >= 0.6 is 11.3 Å². The largest absolute Gasteiger partial charge is 0.246 e. The van der Waals surface area contributed by atoms with Gasteiger partial charge >= 0.3 is 0 Å². The van der Waals surface area contributed by atoms with E-state index in [-0.39, 0.29) is 10.8 Å². The molecule has 1 heterocycles. The zero-order chi connectivity index (χ0) is 14.1. The smallest absolute Gasteiger partial charge is 0.0944 e. The van der Waals surface area contributed by atoms with Crippen LogP contribution in [0.1, 0.15) is 64.1 Å². The lowest BCUT2D eigenvalue weighted by molar-refractivity contribution is 0.209. The van der Waals surface area contributed by atoms with Crippen molar-refractivity contribution in [2.24, 2.45) is 11.3 Å². The second kappa shape index (κ2) is 5.25. The number of nitrogens with zero attached hydrogens (tertiary/aromatic N) is 2. The van der Waals surface area contributed by atoms with E-state index in [4.69, 9.17) is 4.98 Å². The van der Waals surface area contributed by atoms with Gasteiger partial charge in [0.2, 0.25) is 0 Å². The molecule has 1 fully saturated rings. The van der Waals surface area contributed by atoms with Crippen LogP contribution < -0.4 is 0 Å². The lowest BCUT2D eigenvalue weighted by Crippen LogP contribution is -2.28. The number of aromatic nitrogens is 1. The third-order valence-electron chi connectivity index (χ3n) is 4.14. The summed E-state index contributed by atoms with van der Waals surface area (Å²) in [5.74, 6) is 0.676. The average Bonchev–Trinajstić information content (AvgIpc) is 2.77. The van der Waals surface area contributed by atoms with Crippen molar-refractivity contribution in [2.75, 3.05) is 0 Å². The van der Waals surface area contributed by atoms with E-state index in [0.29, 0.717) is 5.92 Å². The van der Waals surface area contributed by atoms with Crippen LogP contribution in [0.5, 0.6) is 0 Å². The Labute approximate surface area is 120 Å². The standard InChI is InChI=1S/C16H24N2S/c1-12-6-5-7-16(8-12,11-17)9-14-18-13(10-19-14)15(2,3)4/h10,12H,5-9H2,1-4H3. The molecular weight excluding hydrogens is 252 g/mol. The highest BCUT2D eigenvalue weighted by Crippen LogP contribution is 2.42. The highest BCUT2D eigenvalue weighted by atomic mass is 32.1. The topological polar surface area (TPSA) is 36.7 Å². The molecule has 0 aromatic carbocycles. The van der Waals surface area contributed by atoms with Gasteiger partial charge in [-0.25, -0.2) is 4.98 Å². The molecule has 0 bridgehead atoms. The van der Waals surface area contributed by atoms with Gasteiger partial charge in [-0.3, -0.25) is 0 Å². The predicted molar refractivity (Wildman–Crippen MR) is 80.2 cm³/mol. The molecule has 0 saturated heterocycles. The van der Waals surface area contributed by atoms with Gasteiger partial charge in [-0.2, -0.15) is 5.26 Å². The highest BCUT2D eigenvalue weighted by molar-refractivity contribution is 7.09. The van der Waals surface area contributed by atoms with E-state index in [1.807, 2.05) is 0 Å². The molecule has 0 amide bonds. The third kappa shape index (κ3) is 3.36. The van der Waals surface area contributed by atoms with Gasteiger partial charge in [-0.15, -0.1) is 11.3 Å². The van der Waals surface area contributed by atoms with Crippen molar-refractivity contribution in [3.05, 3.63) is 16.1 Å². The number of rotatable bonds is 2. The van der Waals surface area contributed by atoms with E-state index in [2.05, 4.69) is 39.1 Å². The van der Waals surface area contributed by atoms with Crippen molar-refractivity contribution in [1.29, 1.82) is 5.26 Å². The molecule has 1 saturated carbocycles. The van der Waals surface area contributed by atoms with Gasteiger partial charge in [-0.05, 0) is 18.8 Å². The molecular formula is C16H24N2S. The van der Waals surface area contributed by atoms with Crippen LogP contribution in [0.2, 0.25) is 0 Å². The maximum absolute atomic E-state index is 9.61. The van der Waals surface area contributed by atoms with Gasteiger partial charge in [0.1, 0.15) is 0 Å². The molecule has 0 aliphatic heterocycles. The summed E-state index contributed by atoms with van der Waals surface area (Å²) in [5.41, 5.74) is 1.10. The number of thiazole rings is 1. The van der Waals surface area contributed by atoms with Gasteiger partial charge in [0.25, 0.3) is 0 Å². The lowest BCUT2D eigenvalue weighted by Gasteiger charge is -2.33. The van der Waals surface area contributed by atoms with Crippen LogP contribution in [0.3, 0.4) is 0 Å². The van der Waals surface area contributed by atoms with Crippen molar-refractivity contribution < 1.29 is 0 Å². The number of hydrogen-bond acceptors (Lipinski definition) is 3. The Hall–Kier alpha value is -0.880. The van der Waals surface area contributed by atoms with E-state index in [1.165, 1.54) is 12.8 Å². The first-order chi connectivity index (χ1) is 8.85. The van der Waals surface area contributed by atoms with Crippen LogP contribution in [-0.4, -0.2) is 4.98 Å². The van der Waals surface area contributed by atoms with Crippen molar-refractivity contribution in [2.45, 2.75) is 65.2 Å². The molecule has 0 radical (unpaired) electrons. The van der Waals surface area contributed by atoms with Crippen LogP contribution in [-0.2, 0) is 11.8 Å². The van der Waals surface area contributed by atoms with Crippen molar-refractivity contribution >= 4 is 11.3 Å². The van der Waals surface area contributed by atoms with E-state index in [1.54, 1.807) is 11.3 Å². The van der Waals surface area contributed by atoms with Gasteiger partial charge < -0.3 is 0 Å². The minimum absolute atomic E-state index is 0.106. The van der Waals surface area contributed by atoms with Crippen molar-refractivity contribution in [3.8, 4) is 6.07 Å². The number of hydrogen-bond donors (Lipinski definition) is 0. The zero-order valence-corrected chi connectivity index (χ0v) is 13.3. The van der Waals surface area contributed by atoms with Crippen LogP contribution in [0.25, 0.3) is 0 Å². The Morgan fingerprint density at radius 2 is 2.26 bits per heavy atom. The maximum Gasteiger partial charge on any atom is 0.0944 e. The van der Waals surface area contributed by atoms with Gasteiger partial charge in [-0.1, -0.05) is 40.5 Å². The first kappa shape index (κ1) is 14.5. The molecule has 2 unspecified atom stereocenters. The molecule has 104 valence electrons. The van der Waals surface area contributed by atoms with E-state index in [9.17, 15) is 5.26 Å². The minimum atomic E-state index is -0.162. The Morgan fingerprint density at radius 3 is 2.79 bits per heavy atom. The molecule has 19 heavy (non-hydrogen) atoms. The lowest BCUT2D eigenvalue weighted by atomic mass is 9.69. The Bertz CT molecular complexity index is 478. The number of nitriles is 1. The van der Waals surface area contributed by atoms with E-state index >= 15 is 0 Å². The normalized spacial score (nSPS) is 28.1. The third-order valence-corrected chi connectivity index (χ3v) is 4.99. The first-order valence-electron chi connectivity index (χ1n) is 7.21. The Kier molecular flexibility index (Phi) is 4.01. The molecule has 0 N–H and O–H groups in total. The molecule has 1 aliphatic rings. The molecule has 2 nitrogen and oxygen atoms in total. The van der Waals surface area contributed by atoms with Crippen molar-refractivity contribution in [3.63, 3.8) is 0 Å². The fourth-order valence-corrected chi connectivity index (χ4v) is 4.15. The van der Waals surface area contributed by atoms with Crippen LogP contribution in [0, 0.1) is 22.7 Å². The predicted octanol–water partition coefficient (Wildman–Crippen LogP) is 4.70. The molecule has 1 aliphatic carbocycles. The molecule has 2 atom stereocenters. The fraction of sp³-hybridized carbons (Fsp3) is 0.750. The summed E-state index contributed by atoms with van der Waals surface area (Å²) in [4.78, 5) is 4.76. The monoisotopic (exact) mass is 276 g/mol. The Morgan fingerprint density at radius 1 is 1.53 bits per heavy atom. The fourth-order valence-electron chi connectivity index (χ4n) is 2.99. The SMILES string of the molecule is CC1CCCC(C#N)(Cc2nc(C(C)(C)C)cs2)C1. The average molecular weight is 276 g/mol. The quantitative estimate of drug-likeness (QED) is 0.784. The minimum Gasteiger partial charge on any atom is -0.246 e. The zero-order valence-electron chi connectivity index (χ0n) is 12.5. The van der Waals surface area contributed by atoms with E-state index in [0.717, 1.165) is 30.0 Å². The second-order valence-electron chi connectivity index (χ2n) is 7.15. The second-order valence-corrected chi connectivity index (χ2v) is 8.09. The summed E-state index contributed by atoms with van der Waals surface area (Å²) in [5, 5.41) is 12.9. The summed E-state index contributed by atoms with van der Waals surface area (Å²) in [7, 11) is 0. The molecule has 1 aromatic heterocycles. The first-order valence-corrected chi connectivity index (χ1v) is 8.09. The summed E-state index contributed by atoms with van der Waals surface area (Å²) in [6, 6.07) is 2.61. The maximum atomic E-state index is 9.61. The Balaban J connectivity index is 2.15.